The molecule has 0 saturated carbocycles. The molecule has 0 aliphatic carbocycles. The summed E-state index contributed by atoms with van der Waals surface area (Å²) in [4.78, 5) is 0. The van der Waals surface area contributed by atoms with E-state index in [0.29, 0.717) is 5.92 Å². The minimum atomic E-state index is 0.214. The van der Waals surface area contributed by atoms with Crippen molar-refractivity contribution in [2.24, 2.45) is 5.92 Å². The van der Waals surface area contributed by atoms with Gasteiger partial charge in [-0.25, -0.2) is 0 Å². The van der Waals surface area contributed by atoms with Gasteiger partial charge in [0.1, 0.15) is 5.75 Å². The first kappa shape index (κ1) is 14.3. The van der Waals surface area contributed by atoms with Crippen molar-refractivity contribution in [3.63, 3.8) is 0 Å². The second-order valence-electron chi connectivity index (χ2n) is 4.32. The molecule has 0 amide bonds. The van der Waals surface area contributed by atoms with Gasteiger partial charge < -0.3 is 9.47 Å². The molecule has 1 aromatic rings. The van der Waals surface area contributed by atoms with Gasteiger partial charge in [-0.05, 0) is 23.6 Å². The lowest BCUT2D eigenvalue weighted by Crippen LogP contribution is -2.22. The van der Waals surface area contributed by atoms with Crippen LogP contribution < -0.4 is 4.74 Å². The summed E-state index contributed by atoms with van der Waals surface area (Å²) in [5, 5.41) is 0.745. The smallest absolute Gasteiger partial charge is 0.120 e. The van der Waals surface area contributed by atoms with Crippen molar-refractivity contribution in [1.82, 2.24) is 0 Å². The summed E-state index contributed by atoms with van der Waals surface area (Å²) in [5.74, 6) is 1.31. The summed E-state index contributed by atoms with van der Waals surface area (Å²) in [5.41, 5.74) is 1.11. The molecule has 0 bridgehead atoms. The Kier molecular flexibility index (Phi) is 5.79. The molecule has 0 aliphatic rings. The Morgan fingerprint density at radius 1 is 1.29 bits per heavy atom. The van der Waals surface area contributed by atoms with Crippen molar-refractivity contribution in [3.05, 3.63) is 28.8 Å². The van der Waals surface area contributed by atoms with Crippen molar-refractivity contribution in [2.45, 2.75) is 32.8 Å². The molecule has 17 heavy (non-hydrogen) atoms. The van der Waals surface area contributed by atoms with E-state index in [-0.39, 0.29) is 6.10 Å². The lowest BCUT2D eigenvalue weighted by atomic mass is 9.95. The maximum absolute atomic E-state index is 6.22. The summed E-state index contributed by atoms with van der Waals surface area (Å²) >= 11 is 6.22. The van der Waals surface area contributed by atoms with E-state index in [1.54, 1.807) is 14.2 Å². The highest BCUT2D eigenvalue weighted by molar-refractivity contribution is 6.31. The van der Waals surface area contributed by atoms with E-state index in [0.717, 1.165) is 29.2 Å². The third-order valence-electron chi connectivity index (χ3n) is 3.26. The molecular formula is C14H21ClO2. The van der Waals surface area contributed by atoms with E-state index in [9.17, 15) is 0 Å². The van der Waals surface area contributed by atoms with Crippen LogP contribution in [-0.2, 0) is 11.2 Å². The number of hydrogen-bond acceptors (Lipinski definition) is 2. The van der Waals surface area contributed by atoms with Crippen molar-refractivity contribution in [1.29, 1.82) is 0 Å². The summed E-state index contributed by atoms with van der Waals surface area (Å²) < 4.78 is 10.7. The highest BCUT2D eigenvalue weighted by Crippen LogP contribution is 2.25. The molecule has 0 aromatic heterocycles. The molecule has 0 aliphatic heterocycles. The number of methoxy groups -OCH3 is 2. The molecule has 2 atom stereocenters. The summed E-state index contributed by atoms with van der Waals surface area (Å²) in [6.45, 7) is 4.37. The van der Waals surface area contributed by atoms with Crippen LogP contribution in [0.4, 0.5) is 0 Å². The Labute approximate surface area is 109 Å². The van der Waals surface area contributed by atoms with Gasteiger partial charge in [-0.3, -0.25) is 0 Å². The van der Waals surface area contributed by atoms with E-state index in [2.05, 4.69) is 13.8 Å². The quantitative estimate of drug-likeness (QED) is 0.767. The molecule has 0 saturated heterocycles. The lowest BCUT2D eigenvalue weighted by molar-refractivity contribution is 0.0575. The minimum Gasteiger partial charge on any atom is -0.497 e. The van der Waals surface area contributed by atoms with Crippen LogP contribution in [0.25, 0.3) is 0 Å². The van der Waals surface area contributed by atoms with Crippen LogP contribution in [0.3, 0.4) is 0 Å². The third kappa shape index (κ3) is 3.90. The second kappa shape index (κ2) is 6.87. The normalized spacial score (nSPS) is 14.4. The Bertz CT molecular complexity index is 352. The van der Waals surface area contributed by atoms with Crippen LogP contribution in [0.2, 0.25) is 5.02 Å². The monoisotopic (exact) mass is 256 g/mol. The zero-order chi connectivity index (χ0) is 12.8. The van der Waals surface area contributed by atoms with Crippen LogP contribution in [0.1, 0.15) is 25.8 Å². The van der Waals surface area contributed by atoms with Crippen LogP contribution >= 0.6 is 11.6 Å². The molecule has 1 aromatic carbocycles. The number of hydrogen-bond donors (Lipinski definition) is 0. The molecule has 0 radical (unpaired) electrons. The highest BCUT2D eigenvalue weighted by Gasteiger charge is 2.17. The fourth-order valence-electron chi connectivity index (χ4n) is 1.82. The van der Waals surface area contributed by atoms with Gasteiger partial charge in [0.25, 0.3) is 0 Å². The van der Waals surface area contributed by atoms with Gasteiger partial charge in [0.15, 0.2) is 0 Å². The molecule has 1 rings (SSSR count). The average molecular weight is 257 g/mol. The van der Waals surface area contributed by atoms with Gasteiger partial charge in [-0.15, -0.1) is 0 Å². The first-order valence-electron chi connectivity index (χ1n) is 5.97. The SMILES string of the molecule is CCC(C)C(Cc1ccc(OC)cc1Cl)OC. The van der Waals surface area contributed by atoms with Crippen molar-refractivity contribution in [2.75, 3.05) is 14.2 Å². The highest BCUT2D eigenvalue weighted by atomic mass is 35.5. The predicted octanol–water partition coefficient (Wildman–Crippen LogP) is 3.95. The molecule has 2 unspecified atom stereocenters. The number of ether oxygens (including phenoxy) is 2. The van der Waals surface area contributed by atoms with Crippen LogP contribution in [0, 0.1) is 5.92 Å². The molecule has 0 spiro atoms. The van der Waals surface area contributed by atoms with Gasteiger partial charge in [0.2, 0.25) is 0 Å². The molecular weight excluding hydrogens is 236 g/mol. The molecule has 3 heteroatoms. The van der Waals surface area contributed by atoms with E-state index in [1.807, 2.05) is 18.2 Å². The predicted molar refractivity (Wildman–Crippen MR) is 72.0 cm³/mol. The number of halogens is 1. The molecule has 0 fully saturated rings. The number of benzene rings is 1. The largest absolute Gasteiger partial charge is 0.497 e. The molecule has 0 N–H and O–H groups in total. The first-order chi connectivity index (χ1) is 8.12. The lowest BCUT2D eigenvalue weighted by Gasteiger charge is -2.22. The van der Waals surface area contributed by atoms with Crippen molar-refractivity contribution < 1.29 is 9.47 Å². The maximum Gasteiger partial charge on any atom is 0.120 e. The van der Waals surface area contributed by atoms with Gasteiger partial charge in [0, 0.05) is 18.6 Å². The first-order valence-corrected chi connectivity index (χ1v) is 6.35. The van der Waals surface area contributed by atoms with Crippen LogP contribution in [-0.4, -0.2) is 20.3 Å². The van der Waals surface area contributed by atoms with Crippen LogP contribution in [0.5, 0.6) is 5.75 Å². The zero-order valence-electron chi connectivity index (χ0n) is 11.0. The van der Waals surface area contributed by atoms with E-state index in [1.165, 1.54) is 0 Å². The van der Waals surface area contributed by atoms with Gasteiger partial charge in [-0.2, -0.15) is 0 Å². The number of rotatable bonds is 6. The van der Waals surface area contributed by atoms with Gasteiger partial charge >= 0.3 is 0 Å². The van der Waals surface area contributed by atoms with Gasteiger partial charge in [0.05, 0.1) is 13.2 Å². The Morgan fingerprint density at radius 2 is 2.00 bits per heavy atom. The average Bonchev–Trinajstić information content (AvgIpc) is 2.36. The standard InChI is InChI=1S/C14H21ClO2/c1-5-10(2)14(17-4)8-11-6-7-12(16-3)9-13(11)15/h6-7,9-10,14H,5,8H2,1-4H3. The summed E-state index contributed by atoms with van der Waals surface area (Å²) in [6, 6.07) is 5.79. The topological polar surface area (TPSA) is 18.5 Å². The Hall–Kier alpha value is -0.730. The molecule has 96 valence electrons. The minimum absolute atomic E-state index is 0.214. The van der Waals surface area contributed by atoms with Crippen molar-refractivity contribution >= 4 is 11.6 Å². The second-order valence-corrected chi connectivity index (χ2v) is 4.73. The summed E-state index contributed by atoms with van der Waals surface area (Å²) in [6.07, 6.45) is 2.16. The van der Waals surface area contributed by atoms with Crippen molar-refractivity contribution in [3.8, 4) is 5.75 Å². The fraction of sp³-hybridized carbons (Fsp3) is 0.571. The zero-order valence-corrected chi connectivity index (χ0v) is 11.8. The van der Waals surface area contributed by atoms with E-state index >= 15 is 0 Å². The summed E-state index contributed by atoms with van der Waals surface area (Å²) in [7, 11) is 3.40. The molecule has 0 heterocycles. The van der Waals surface area contributed by atoms with E-state index < -0.39 is 0 Å². The Morgan fingerprint density at radius 3 is 2.47 bits per heavy atom. The maximum atomic E-state index is 6.22. The van der Waals surface area contributed by atoms with Crippen LogP contribution in [0.15, 0.2) is 18.2 Å². The Balaban J connectivity index is 2.79. The molecule has 2 nitrogen and oxygen atoms in total. The van der Waals surface area contributed by atoms with E-state index in [4.69, 9.17) is 21.1 Å². The third-order valence-corrected chi connectivity index (χ3v) is 3.61. The van der Waals surface area contributed by atoms with Gasteiger partial charge in [-0.1, -0.05) is 37.9 Å². The fourth-order valence-corrected chi connectivity index (χ4v) is 2.06.